The fourth-order valence-electron chi connectivity index (χ4n) is 2.33. The van der Waals surface area contributed by atoms with Gasteiger partial charge >= 0.3 is 0 Å². The van der Waals surface area contributed by atoms with Crippen LogP contribution in [0.4, 0.5) is 0 Å². The number of rotatable bonds is 4. The van der Waals surface area contributed by atoms with Crippen molar-refractivity contribution < 1.29 is 0 Å². The molecule has 1 unspecified atom stereocenters. The smallest absolute Gasteiger partial charge is 0.0424 e. The Labute approximate surface area is 130 Å². The highest BCUT2D eigenvalue weighted by molar-refractivity contribution is 6.34. The van der Waals surface area contributed by atoms with E-state index in [1.807, 2.05) is 19.2 Å². The minimum Gasteiger partial charge on any atom is -0.313 e. The summed E-state index contributed by atoms with van der Waals surface area (Å²) >= 11 is 12.2. The Morgan fingerprint density at radius 3 is 2.15 bits per heavy atom. The Morgan fingerprint density at radius 1 is 0.950 bits per heavy atom. The van der Waals surface area contributed by atoms with E-state index in [1.165, 1.54) is 16.7 Å². The van der Waals surface area contributed by atoms with E-state index in [9.17, 15) is 0 Å². The zero-order chi connectivity index (χ0) is 14.7. The van der Waals surface area contributed by atoms with Gasteiger partial charge in [0, 0.05) is 16.1 Å². The van der Waals surface area contributed by atoms with E-state index >= 15 is 0 Å². The van der Waals surface area contributed by atoms with Crippen molar-refractivity contribution in [2.75, 3.05) is 7.05 Å². The van der Waals surface area contributed by atoms with Crippen LogP contribution < -0.4 is 5.32 Å². The first-order chi connectivity index (χ1) is 9.49. The van der Waals surface area contributed by atoms with Crippen molar-refractivity contribution in [1.29, 1.82) is 0 Å². The van der Waals surface area contributed by atoms with Crippen LogP contribution in [0.25, 0.3) is 0 Å². The molecule has 2 aromatic carbocycles. The quantitative estimate of drug-likeness (QED) is 0.827. The molecule has 0 aliphatic carbocycles. The molecule has 0 fully saturated rings. The summed E-state index contributed by atoms with van der Waals surface area (Å²) in [5.74, 6) is 0. The van der Waals surface area contributed by atoms with Crippen LogP contribution in [0.1, 0.15) is 28.3 Å². The molecule has 1 N–H and O–H groups in total. The number of halogens is 2. The first-order valence-electron chi connectivity index (χ1n) is 6.69. The van der Waals surface area contributed by atoms with Gasteiger partial charge in [-0.15, -0.1) is 0 Å². The fraction of sp³-hybridized carbons (Fsp3) is 0.294. The molecule has 0 bridgehead atoms. The van der Waals surface area contributed by atoms with Crippen molar-refractivity contribution in [3.63, 3.8) is 0 Å². The van der Waals surface area contributed by atoms with E-state index in [0.29, 0.717) is 10.0 Å². The second kappa shape index (κ2) is 6.62. The van der Waals surface area contributed by atoms with Crippen LogP contribution >= 0.6 is 23.2 Å². The summed E-state index contributed by atoms with van der Waals surface area (Å²) < 4.78 is 0. The lowest BCUT2D eigenvalue weighted by molar-refractivity contribution is 0.592. The van der Waals surface area contributed by atoms with Crippen molar-refractivity contribution in [3.8, 4) is 0 Å². The highest BCUT2D eigenvalue weighted by Crippen LogP contribution is 2.26. The number of hydrogen-bond acceptors (Lipinski definition) is 1. The second-order valence-electron chi connectivity index (χ2n) is 5.17. The molecule has 0 aliphatic rings. The molecule has 1 atom stereocenters. The lowest BCUT2D eigenvalue weighted by atomic mass is 9.96. The van der Waals surface area contributed by atoms with Crippen LogP contribution in [0.5, 0.6) is 0 Å². The molecule has 0 saturated carbocycles. The average molecular weight is 308 g/mol. The standard InChI is InChI=1S/C17H19Cl2N/c1-11-4-5-13(6-12(11)2)7-17(20-3)14-8-15(18)10-16(19)9-14/h4-6,8-10,17,20H,7H2,1-3H3. The van der Waals surface area contributed by atoms with Crippen molar-refractivity contribution in [2.24, 2.45) is 0 Å². The summed E-state index contributed by atoms with van der Waals surface area (Å²) in [5.41, 5.74) is 5.06. The van der Waals surface area contributed by atoms with Gasteiger partial charge in [-0.2, -0.15) is 0 Å². The van der Waals surface area contributed by atoms with Gasteiger partial charge in [-0.05, 0) is 67.8 Å². The number of likely N-dealkylation sites (N-methyl/N-ethyl adjacent to an activating group) is 1. The molecule has 0 aliphatic heterocycles. The third kappa shape index (κ3) is 3.76. The van der Waals surface area contributed by atoms with E-state index in [-0.39, 0.29) is 6.04 Å². The molecule has 0 saturated heterocycles. The van der Waals surface area contributed by atoms with Gasteiger partial charge in [-0.1, -0.05) is 41.4 Å². The Hall–Kier alpha value is -1.02. The molecular formula is C17H19Cl2N. The number of benzene rings is 2. The lowest BCUT2D eigenvalue weighted by Crippen LogP contribution is -2.19. The minimum atomic E-state index is 0.202. The Morgan fingerprint density at radius 2 is 1.60 bits per heavy atom. The summed E-state index contributed by atoms with van der Waals surface area (Å²) in [7, 11) is 1.96. The normalized spacial score (nSPS) is 12.4. The highest BCUT2D eigenvalue weighted by Gasteiger charge is 2.12. The van der Waals surface area contributed by atoms with Gasteiger partial charge in [0.15, 0.2) is 0 Å². The lowest BCUT2D eigenvalue weighted by Gasteiger charge is -2.18. The number of nitrogens with one attached hydrogen (secondary N) is 1. The maximum absolute atomic E-state index is 6.09. The van der Waals surface area contributed by atoms with E-state index in [0.717, 1.165) is 12.0 Å². The topological polar surface area (TPSA) is 12.0 Å². The van der Waals surface area contributed by atoms with Gasteiger partial charge in [0.1, 0.15) is 0 Å². The predicted molar refractivity (Wildman–Crippen MR) is 87.9 cm³/mol. The van der Waals surface area contributed by atoms with Crippen LogP contribution in [0, 0.1) is 13.8 Å². The first kappa shape index (κ1) is 15.4. The molecule has 2 aromatic rings. The molecule has 3 heteroatoms. The van der Waals surface area contributed by atoms with Crippen LogP contribution in [0.3, 0.4) is 0 Å². The average Bonchev–Trinajstić information content (AvgIpc) is 2.38. The van der Waals surface area contributed by atoms with Crippen molar-refractivity contribution >= 4 is 23.2 Å². The Bertz CT molecular complexity index is 588. The molecule has 0 amide bonds. The summed E-state index contributed by atoms with van der Waals surface area (Å²) in [4.78, 5) is 0. The van der Waals surface area contributed by atoms with E-state index < -0.39 is 0 Å². The van der Waals surface area contributed by atoms with Crippen LogP contribution in [-0.2, 0) is 6.42 Å². The van der Waals surface area contributed by atoms with Gasteiger partial charge in [-0.25, -0.2) is 0 Å². The largest absolute Gasteiger partial charge is 0.313 e. The zero-order valence-corrected chi connectivity index (χ0v) is 13.5. The Balaban J connectivity index is 2.26. The SMILES string of the molecule is CNC(Cc1ccc(C)c(C)c1)c1cc(Cl)cc(Cl)c1. The van der Waals surface area contributed by atoms with Crippen molar-refractivity contribution in [3.05, 3.63) is 68.7 Å². The zero-order valence-electron chi connectivity index (χ0n) is 12.0. The molecular weight excluding hydrogens is 289 g/mol. The van der Waals surface area contributed by atoms with Gasteiger partial charge < -0.3 is 5.32 Å². The fourth-order valence-corrected chi connectivity index (χ4v) is 2.87. The highest BCUT2D eigenvalue weighted by atomic mass is 35.5. The van der Waals surface area contributed by atoms with Gasteiger partial charge in [0.2, 0.25) is 0 Å². The van der Waals surface area contributed by atoms with Gasteiger partial charge in [0.25, 0.3) is 0 Å². The molecule has 2 rings (SSSR count). The Kier molecular flexibility index (Phi) is 5.09. The van der Waals surface area contributed by atoms with Crippen molar-refractivity contribution in [1.82, 2.24) is 5.32 Å². The molecule has 20 heavy (non-hydrogen) atoms. The van der Waals surface area contributed by atoms with Gasteiger partial charge in [0.05, 0.1) is 0 Å². The summed E-state index contributed by atoms with van der Waals surface area (Å²) in [6, 6.07) is 12.5. The second-order valence-corrected chi connectivity index (χ2v) is 6.04. The molecule has 0 heterocycles. The van der Waals surface area contributed by atoms with Crippen LogP contribution in [-0.4, -0.2) is 7.05 Å². The maximum Gasteiger partial charge on any atom is 0.0424 e. The first-order valence-corrected chi connectivity index (χ1v) is 7.44. The number of aryl methyl sites for hydroxylation is 2. The number of hydrogen-bond donors (Lipinski definition) is 1. The van der Waals surface area contributed by atoms with Crippen LogP contribution in [0.15, 0.2) is 36.4 Å². The van der Waals surface area contributed by atoms with Gasteiger partial charge in [-0.3, -0.25) is 0 Å². The molecule has 1 nitrogen and oxygen atoms in total. The summed E-state index contributed by atoms with van der Waals surface area (Å²) in [6.45, 7) is 4.27. The van der Waals surface area contributed by atoms with E-state index in [2.05, 4.69) is 37.4 Å². The monoisotopic (exact) mass is 307 g/mol. The summed E-state index contributed by atoms with van der Waals surface area (Å²) in [5, 5.41) is 4.69. The maximum atomic E-state index is 6.09. The van der Waals surface area contributed by atoms with E-state index in [4.69, 9.17) is 23.2 Å². The van der Waals surface area contributed by atoms with Crippen LogP contribution in [0.2, 0.25) is 10.0 Å². The predicted octanol–water partition coefficient (Wildman–Crippen LogP) is 5.11. The van der Waals surface area contributed by atoms with Crippen molar-refractivity contribution in [2.45, 2.75) is 26.3 Å². The third-order valence-corrected chi connectivity index (χ3v) is 4.08. The molecule has 106 valence electrons. The third-order valence-electron chi connectivity index (χ3n) is 3.65. The summed E-state index contributed by atoms with van der Waals surface area (Å²) in [6.07, 6.45) is 0.911. The molecule has 0 aromatic heterocycles. The molecule has 0 radical (unpaired) electrons. The van der Waals surface area contributed by atoms with E-state index in [1.54, 1.807) is 6.07 Å². The minimum absolute atomic E-state index is 0.202. The molecule has 0 spiro atoms.